The van der Waals surface area contributed by atoms with E-state index in [1.165, 1.54) is 0 Å². The van der Waals surface area contributed by atoms with E-state index in [0.29, 0.717) is 13.2 Å². The third-order valence-corrected chi connectivity index (χ3v) is 4.18. The second-order valence-electron chi connectivity index (χ2n) is 4.05. The molecule has 0 radical (unpaired) electrons. The first-order valence-corrected chi connectivity index (χ1v) is 8.44. The monoisotopic (exact) mass is 347 g/mol. The number of rotatable bonds is 9. The van der Waals surface area contributed by atoms with Gasteiger partial charge in [-0.1, -0.05) is 6.92 Å². The van der Waals surface area contributed by atoms with Crippen molar-refractivity contribution in [3.05, 3.63) is 22.2 Å². The fourth-order valence-electron chi connectivity index (χ4n) is 1.70. The molecule has 0 saturated heterocycles. The van der Waals surface area contributed by atoms with Gasteiger partial charge in [0.1, 0.15) is 0 Å². The zero-order valence-corrected chi connectivity index (χ0v) is 14.0. The fourth-order valence-corrected chi connectivity index (χ4v) is 2.92. The summed E-state index contributed by atoms with van der Waals surface area (Å²) in [6.45, 7) is 3.50. The summed E-state index contributed by atoms with van der Waals surface area (Å²) >= 11 is 5.47. The molecule has 0 atom stereocenters. The Morgan fingerprint density at radius 2 is 2.16 bits per heavy atom. The molecule has 3 nitrogen and oxygen atoms in total. The predicted octanol–water partition coefficient (Wildman–Crippen LogP) is 3.48. The van der Waals surface area contributed by atoms with Crippen molar-refractivity contribution >= 4 is 27.7 Å². The van der Waals surface area contributed by atoms with E-state index >= 15 is 0 Å². The highest BCUT2D eigenvalue weighted by molar-refractivity contribution is 9.10. The van der Waals surface area contributed by atoms with Crippen molar-refractivity contribution < 1.29 is 9.47 Å². The van der Waals surface area contributed by atoms with E-state index in [-0.39, 0.29) is 0 Å². The van der Waals surface area contributed by atoms with E-state index in [1.54, 1.807) is 7.11 Å². The predicted molar refractivity (Wildman–Crippen MR) is 86.6 cm³/mol. The third kappa shape index (κ3) is 5.63. The molecule has 1 rings (SSSR count). The lowest BCUT2D eigenvalue weighted by atomic mass is 10.1. The van der Waals surface area contributed by atoms with Crippen molar-refractivity contribution in [2.75, 3.05) is 31.8 Å². The van der Waals surface area contributed by atoms with Crippen LogP contribution in [-0.2, 0) is 6.42 Å². The summed E-state index contributed by atoms with van der Waals surface area (Å²) in [6, 6.07) is 4.04. The molecule has 1 aromatic rings. The number of benzene rings is 1. The second-order valence-corrected chi connectivity index (χ2v) is 6.29. The van der Waals surface area contributed by atoms with Crippen LogP contribution in [0.25, 0.3) is 0 Å². The van der Waals surface area contributed by atoms with Gasteiger partial charge in [-0.15, -0.1) is 0 Å². The summed E-state index contributed by atoms with van der Waals surface area (Å²) in [7, 11) is 1.66. The molecule has 0 amide bonds. The third-order valence-electron chi connectivity index (χ3n) is 2.61. The zero-order valence-electron chi connectivity index (χ0n) is 11.6. The molecule has 0 heterocycles. The zero-order chi connectivity index (χ0) is 14.1. The van der Waals surface area contributed by atoms with Gasteiger partial charge in [0.05, 0.1) is 18.2 Å². The maximum absolute atomic E-state index is 5.82. The standard InChI is InChI=1S/C14H22BrNO2S/c1-3-19-8-4-7-18-14-12(15)9-11(5-6-16)10-13(14)17-2/h9-10H,3-8,16H2,1-2H3. The summed E-state index contributed by atoms with van der Waals surface area (Å²) < 4.78 is 12.1. The van der Waals surface area contributed by atoms with Crippen LogP contribution in [0.3, 0.4) is 0 Å². The molecule has 0 aliphatic carbocycles. The van der Waals surface area contributed by atoms with Crippen LogP contribution in [0.15, 0.2) is 16.6 Å². The van der Waals surface area contributed by atoms with Gasteiger partial charge in [-0.3, -0.25) is 0 Å². The van der Waals surface area contributed by atoms with Crippen LogP contribution in [0.5, 0.6) is 11.5 Å². The Labute approximate surface area is 128 Å². The Morgan fingerprint density at radius 3 is 2.79 bits per heavy atom. The number of thioether (sulfide) groups is 1. The van der Waals surface area contributed by atoms with Crippen LogP contribution in [0.2, 0.25) is 0 Å². The van der Waals surface area contributed by atoms with E-state index in [2.05, 4.69) is 22.9 Å². The lowest BCUT2D eigenvalue weighted by Gasteiger charge is -2.14. The molecule has 5 heteroatoms. The Bertz CT molecular complexity index is 388. The normalized spacial score (nSPS) is 10.5. The number of hydrogen-bond donors (Lipinski definition) is 1. The molecular weight excluding hydrogens is 326 g/mol. The van der Waals surface area contributed by atoms with Crippen LogP contribution in [0.4, 0.5) is 0 Å². The Morgan fingerprint density at radius 1 is 1.37 bits per heavy atom. The van der Waals surface area contributed by atoms with Gasteiger partial charge < -0.3 is 15.2 Å². The van der Waals surface area contributed by atoms with Crippen molar-refractivity contribution in [3.8, 4) is 11.5 Å². The van der Waals surface area contributed by atoms with Crippen LogP contribution in [0, 0.1) is 0 Å². The number of nitrogens with two attached hydrogens (primary N) is 1. The van der Waals surface area contributed by atoms with E-state index in [0.717, 1.165) is 45.9 Å². The van der Waals surface area contributed by atoms with Gasteiger partial charge in [-0.2, -0.15) is 11.8 Å². The van der Waals surface area contributed by atoms with Crippen molar-refractivity contribution in [2.24, 2.45) is 5.73 Å². The van der Waals surface area contributed by atoms with Gasteiger partial charge in [0.15, 0.2) is 11.5 Å². The van der Waals surface area contributed by atoms with E-state index in [1.807, 2.05) is 23.9 Å². The molecule has 0 spiro atoms. The highest BCUT2D eigenvalue weighted by atomic mass is 79.9. The fraction of sp³-hybridized carbons (Fsp3) is 0.571. The molecule has 0 saturated carbocycles. The molecule has 0 aromatic heterocycles. The first-order chi connectivity index (χ1) is 9.22. The number of halogens is 1. The molecule has 0 bridgehead atoms. The molecule has 19 heavy (non-hydrogen) atoms. The summed E-state index contributed by atoms with van der Waals surface area (Å²) in [5, 5.41) is 0. The number of hydrogen-bond acceptors (Lipinski definition) is 4. The summed E-state index contributed by atoms with van der Waals surface area (Å²) in [5.74, 6) is 3.83. The Balaban J connectivity index is 2.65. The minimum Gasteiger partial charge on any atom is -0.493 e. The molecule has 2 N–H and O–H groups in total. The molecule has 1 aromatic carbocycles. The van der Waals surface area contributed by atoms with Crippen LogP contribution in [-0.4, -0.2) is 31.8 Å². The number of ether oxygens (including phenoxy) is 2. The summed E-state index contributed by atoms with van der Waals surface area (Å²) in [4.78, 5) is 0. The van der Waals surface area contributed by atoms with Crippen molar-refractivity contribution in [1.82, 2.24) is 0 Å². The second kappa shape index (κ2) is 9.50. The van der Waals surface area contributed by atoms with Crippen LogP contribution in [0.1, 0.15) is 18.9 Å². The van der Waals surface area contributed by atoms with Crippen LogP contribution >= 0.6 is 27.7 Å². The van der Waals surface area contributed by atoms with Crippen molar-refractivity contribution in [1.29, 1.82) is 0 Å². The quantitative estimate of drug-likeness (QED) is 0.694. The molecule has 0 aliphatic heterocycles. The first kappa shape index (κ1) is 16.7. The first-order valence-electron chi connectivity index (χ1n) is 6.50. The van der Waals surface area contributed by atoms with E-state index in [9.17, 15) is 0 Å². The topological polar surface area (TPSA) is 44.5 Å². The van der Waals surface area contributed by atoms with Gasteiger partial charge in [0.2, 0.25) is 0 Å². The molecule has 0 aliphatic rings. The van der Waals surface area contributed by atoms with Crippen LogP contribution < -0.4 is 15.2 Å². The Kier molecular flexibility index (Phi) is 8.34. The highest BCUT2D eigenvalue weighted by Crippen LogP contribution is 2.36. The maximum Gasteiger partial charge on any atom is 0.175 e. The maximum atomic E-state index is 5.82. The average Bonchev–Trinajstić information content (AvgIpc) is 2.40. The van der Waals surface area contributed by atoms with Gasteiger partial charge in [0.25, 0.3) is 0 Å². The number of methoxy groups -OCH3 is 1. The van der Waals surface area contributed by atoms with Gasteiger partial charge in [-0.25, -0.2) is 0 Å². The van der Waals surface area contributed by atoms with E-state index in [4.69, 9.17) is 15.2 Å². The molecule has 108 valence electrons. The summed E-state index contributed by atoms with van der Waals surface area (Å²) in [5.41, 5.74) is 6.73. The van der Waals surface area contributed by atoms with Gasteiger partial charge in [-0.05, 0) is 64.5 Å². The lowest BCUT2D eigenvalue weighted by molar-refractivity contribution is 0.293. The lowest BCUT2D eigenvalue weighted by Crippen LogP contribution is -2.05. The summed E-state index contributed by atoms with van der Waals surface area (Å²) in [6.07, 6.45) is 1.88. The van der Waals surface area contributed by atoms with Crippen molar-refractivity contribution in [3.63, 3.8) is 0 Å². The molecule has 0 unspecified atom stereocenters. The Hall–Kier alpha value is -0.390. The van der Waals surface area contributed by atoms with Gasteiger partial charge in [0, 0.05) is 0 Å². The highest BCUT2D eigenvalue weighted by Gasteiger charge is 2.11. The minimum absolute atomic E-state index is 0.629. The molecular formula is C14H22BrNO2S. The smallest absolute Gasteiger partial charge is 0.175 e. The molecule has 0 fully saturated rings. The largest absolute Gasteiger partial charge is 0.493 e. The average molecular weight is 348 g/mol. The van der Waals surface area contributed by atoms with E-state index < -0.39 is 0 Å². The van der Waals surface area contributed by atoms with Crippen molar-refractivity contribution in [2.45, 2.75) is 19.8 Å². The van der Waals surface area contributed by atoms with Gasteiger partial charge >= 0.3 is 0 Å². The SMILES string of the molecule is CCSCCCOc1c(Br)cc(CCN)cc1OC. The minimum atomic E-state index is 0.629.